The molecule has 0 aliphatic rings. The fourth-order valence-corrected chi connectivity index (χ4v) is 0.991. The normalized spacial score (nSPS) is 16.5. The number of rotatable bonds is 6. The standard InChI is InChI=1S/C9H21NO2/c1-4-5-6-10(3)7-9(12)8(2)11/h8-9,11-12H,4-7H2,1-3H3. The quantitative estimate of drug-likeness (QED) is 0.616. The summed E-state index contributed by atoms with van der Waals surface area (Å²) >= 11 is 0. The molecule has 0 fully saturated rings. The van der Waals surface area contributed by atoms with E-state index in [4.69, 9.17) is 5.11 Å². The Morgan fingerprint density at radius 2 is 1.92 bits per heavy atom. The summed E-state index contributed by atoms with van der Waals surface area (Å²) in [7, 11) is 1.96. The largest absolute Gasteiger partial charge is 0.391 e. The third kappa shape index (κ3) is 5.52. The van der Waals surface area contributed by atoms with Gasteiger partial charge in [0.05, 0.1) is 12.2 Å². The lowest BCUT2D eigenvalue weighted by atomic mass is 10.2. The van der Waals surface area contributed by atoms with E-state index in [9.17, 15) is 5.11 Å². The lowest BCUT2D eigenvalue weighted by Crippen LogP contribution is -2.36. The van der Waals surface area contributed by atoms with Crippen LogP contribution >= 0.6 is 0 Å². The van der Waals surface area contributed by atoms with Crippen LogP contribution in [-0.2, 0) is 0 Å². The van der Waals surface area contributed by atoms with Gasteiger partial charge in [-0.05, 0) is 26.9 Å². The van der Waals surface area contributed by atoms with Gasteiger partial charge in [0.1, 0.15) is 0 Å². The van der Waals surface area contributed by atoms with Crippen LogP contribution in [0.4, 0.5) is 0 Å². The molecule has 0 spiro atoms. The second-order valence-electron chi connectivity index (χ2n) is 3.42. The molecule has 0 saturated heterocycles. The number of unbranched alkanes of at least 4 members (excludes halogenated alkanes) is 1. The van der Waals surface area contributed by atoms with Gasteiger partial charge in [0.2, 0.25) is 0 Å². The Balaban J connectivity index is 3.47. The highest BCUT2D eigenvalue weighted by Crippen LogP contribution is 1.97. The molecule has 2 atom stereocenters. The zero-order valence-electron chi connectivity index (χ0n) is 8.32. The first-order valence-corrected chi connectivity index (χ1v) is 4.62. The van der Waals surface area contributed by atoms with Gasteiger partial charge in [0.15, 0.2) is 0 Å². The Morgan fingerprint density at radius 3 is 2.33 bits per heavy atom. The molecule has 0 aromatic heterocycles. The van der Waals surface area contributed by atoms with Crippen LogP contribution in [0.25, 0.3) is 0 Å². The lowest BCUT2D eigenvalue weighted by Gasteiger charge is -2.21. The maximum Gasteiger partial charge on any atom is 0.0922 e. The Bertz CT molecular complexity index is 107. The number of nitrogens with zero attached hydrogens (tertiary/aromatic N) is 1. The van der Waals surface area contributed by atoms with Crippen LogP contribution < -0.4 is 0 Å². The molecule has 0 aromatic rings. The summed E-state index contributed by atoms with van der Waals surface area (Å²) in [5, 5.41) is 18.3. The van der Waals surface area contributed by atoms with Crippen molar-refractivity contribution in [2.24, 2.45) is 0 Å². The van der Waals surface area contributed by atoms with Crippen molar-refractivity contribution >= 4 is 0 Å². The van der Waals surface area contributed by atoms with E-state index in [1.807, 2.05) is 11.9 Å². The van der Waals surface area contributed by atoms with Crippen molar-refractivity contribution < 1.29 is 10.2 Å². The third-order valence-electron chi connectivity index (χ3n) is 1.95. The molecular weight excluding hydrogens is 154 g/mol. The van der Waals surface area contributed by atoms with E-state index in [0.29, 0.717) is 6.54 Å². The fraction of sp³-hybridized carbons (Fsp3) is 1.00. The monoisotopic (exact) mass is 175 g/mol. The third-order valence-corrected chi connectivity index (χ3v) is 1.95. The van der Waals surface area contributed by atoms with Crippen LogP contribution in [0.2, 0.25) is 0 Å². The first-order chi connectivity index (χ1) is 5.57. The fourth-order valence-electron chi connectivity index (χ4n) is 0.991. The van der Waals surface area contributed by atoms with E-state index in [-0.39, 0.29) is 0 Å². The molecule has 0 aliphatic heterocycles. The average molecular weight is 175 g/mol. The molecule has 2 N–H and O–H groups in total. The van der Waals surface area contributed by atoms with Gasteiger partial charge in [-0.2, -0.15) is 0 Å². The van der Waals surface area contributed by atoms with E-state index >= 15 is 0 Å². The van der Waals surface area contributed by atoms with Crippen LogP contribution in [0.1, 0.15) is 26.7 Å². The SMILES string of the molecule is CCCCN(C)CC(O)C(C)O. The van der Waals surface area contributed by atoms with Crippen LogP contribution in [-0.4, -0.2) is 47.5 Å². The lowest BCUT2D eigenvalue weighted by molar-refractivity contribution is 0.0122. The zero-order valence-corrected chi connectivity index (χ0v) is 8.32. The Kier molecular flexibility index (Phi) is 6.34. The van der Waals surface area contributed by atoms with Crippen molar-refractivity contribution in [2.45, 2.75) is 38.9 Å². The molecule has 0 aromatic carbocycles. The summed E-state index contributed by atoms with van der Waals surface area (Å²) < 4.78 is 0. The minimum Gasteiger partial charge on any atom is -0.391 e. The zero-order chi connectivity index (χ0) is 9.56. The summed E-state index contributed by atoms with van der Waals surface area (Å²) in [4.78, 5) is 2.04. The summed E-state index contributed by atoms with van der Waals surface area (Å²) in [6.45, 7) is 5.29. The van der Waals surface area contributed by atoms with Crippen molar-refractivity contribution in [3.63, 3.8) is 0 Å². The first-order valence-electron chi connectivity index (χ1n) is 4.62. The molecule has 0 heterocycles. The molecular formula is C9H21NO2. The molecule has 0 rings (SSSR count). The highest BCUT2D eigenvalue weighted by molar-refractivity contribution is 4.66. The minimum atomic E-state index is -0.630. The van der Waals surface area contributed by atoms with E-state index < -0.39 is 12.2 Å². The van der Waals surface area contributed by atoms with Crippen molar-refractivity contribution in [1.29, 1.82) is 0 Å². The van der Waals surface area contributed by atoms with Gasteiger partial charge in [-0.25, -0.2) is 0 Å². The smallest absolute Gasteiger partial charge is 0.0922 e. The number of aliphatic hydroxyl groups excluding tert-OH is 2. The van der Waals surface area contributed by atoms with Crippen LogP contribution in [0.3, 0.4) is 0 Å². The predicted octanol–water partition coefficient (Wildman–Crippen LogP) is 0.460. The number of hydrogen-bond acceptors (Lipinski definition) is 3. The van der Waals surface area contributed by atoms with Crippen molar-refractivity contribution in [3.05, 3.63) is 0 Å². The molecule has 0 amide bonds. The number of hydrogen-bond donors (Lipinski definition) is 2. The van der Waals surface area contributed by atoms with E-state index in [1.165, 1.54) is 0 Å². The second-order valence-corrected chi connectivity index (χ2v) is 3.42. The Labute approximate surface area is 75.0 Å². The molecule has 0 radical (unpaired) electrons. The van der Waals surface area contributed by atoms with Crippen LogP contribution in [0.15, 0.2) is 0 Å². The molecule has 12 heavy (non-hydrogen) atoms. The summed E-state index contributed by atoms with van der Waals surface area (Å²) in [5.74, 6) is 0. The maximum absolute atomic E-state index is 9.30. The minimum absolute atomic E-state index is 0.553. The van der Waals surface area contributed by atoms with Gasteiger partial charge in [0.25, 0.3) is 0 Å². The van der Waals surface area contributed by atoms with E-state index in [0.717, 1.165) is 19.4 Å². The summed E-state index contributed by atoms with van der Waals surface area (Å²) in [5.41, 5.74) is 0. The molecule has 3 heteroatoms. The van der Waals surface area contributed by atoms with Gasteiger partial charge in [-0.15, -0.1) is 0 Å². The molecule has 0 bridgehead atoms. The van der Waals surface area contributed by atoms with Crippen molar-refractivity contribution in [1.82, 2.24) is 4.90 Å². The summed E-state index contributed by atoms with van der Waals surface area (Å²) in [6.07, 6.45) is 1.05. The van der Waals surface area contributed by atoms with Crippen molar-refractivity contribution in [3.8, 4) is 0 Å². The average Bonchev–Trinajstić information content (AvgIpc) is 2.00. The van der Waals surface area contributed by atoms with E-state index in [2.05, 4.69) is 6.92 Å². The van der Waals surface area contributed by atoms with E-state index in [1.54, 1.807) is 6.92 Å². The van der Waals surface area contributed by atoms with Gasteiger partial charge < -0.3 is 15.1 Å². The number of likely N-dealkylation sites (N-methyl/N-ethyl adjacent to an activating group) is 1. The topological polar surface area (TPSA) is 43.7 Å². The Hall–Kier alpha value is -0.120. The molecule has 0 aliphatic carbocycles. The highest BCUT2D eigenvalue weighted by Gasteiger charge is 2.12. The van der Waals surface area contributed by atoms with Crippen LogP contribution in [0, 0.1) is 0 Å². The predicted molar refractivity (Wildman–Crippen MR) is 50.1 cm³/mol. The van der Waals surface area contributed by atoms with Crippen molar-refractivity contribution in [2.75, 3.05) is 20.1 Å². The number of aliphatic hydroxyl groups is 2. The molecule has 0 saturated carbocycles. The molecule has 2 unspecified atom stereocenters. The Morgan fingerprint density at radius 1 is 1.33 bits per heavy atom. The van der Waals surface area contributed by atoms with Gasteiger partial charge in [-0.1, -0.05) is 13.3 Å². The molecule has 3 nitrogen and oxygen atoms in total. The van der Waals surface area contributed by atoms with Gasteiger partial charge in [0, 0.05) is 6.54 Å². The van der Waals surface area contributed by atoms with Gasteiger partial charge in [-0.3, -0.25) is 0 Å². The highest BCUT2D eigenvalue weighted by atomic mass is 16.3. The molecule has 74 valence electrons. The summed E-state index contributed by atoms with van der Waals surface area (Å²) in [6, 6.07) is 0. The first kappa shape index (κ1) is 11.9. The second kappa shape index (κ2) is 6.40. The van der Waals surface area contributed by atoms with Gasteiger partial charge >= 0.3 is 0 Å². The maximum atomic E-state index is 9.30. The van der Waals surface area contributed by atoms with Crippen LogP contribution in [0.5, 0.6) is 0 Å².